The summed E-state index contributed by atoms with van der Waals surface area (Å²) >= 11 is 6.35. The number of rotatable bonds is 7. The molecule has 1 amide bonds. The molecule has 0 saturated heterocycles. The fourth-order valence-electron chi connectivity index (χ4n) is 4.26. The molecule has 34 heavy (non-hydrogen) atoms. The quantitative estimate of drug-likeness (QED) is 0.346. The van der Waals surface area contributed by atoms with Crippen LogP contribution in [0.4, 0.5) is 0 Å². The van der Waals surface area contributed by atoms with Gasteiger partial charge < -0.3 is 9.64 Å². The van der Waals surface area contributed by atoms with E-state index in [2.05, 4.69) is 0 Å². The van der Waals surface area contributed by atoms with Crippen molar-refractivity contribution in [3.63, 3.8) is 0 Å². The van der Waals surface area contributed by atoms with Crippen molar-refractivity contribution in [3.8, 4) is 11.4 Å². The number of methoxy groups -OCH3 is 1. The van der Waals surface area contributed by atoms with Crippen molar-refractivity contribution in [3.05, 3.63) is 99.6 Å². The standard InChI is InChI=1S/C27H26ClN3O3/c1-4-22(30(5-2)26(32)18-12-6-8-14-20(18)28)25-29-21-15-9-7-13-19(21)27(33)31(25)23-16-10-11-17-24(23)34-3/h6-17,22H,4-5H2,1-3H3. The average Bonchev–Trinajstić information content (AvgIpc) is 2.87. The van der Waals surface area contributed by atoms with Crippen molar-refractivity contribution in [2.45, 2.75) is 26.3 Å². The fourth-order valence-corrected chi connectivity index (χ4v) is 4.47. The lowest BCUT2D eigenvalue weighted by Crippen LogP contribution is -2.38. The zero-order valence-corrected chi connectivity index (χ0v) is 20.1. The van der Waals surface area contributed by atoms with Crippen LogP contribution in [0.15, 0.2) is 77.6 Å². The van der Waals surface area contributed by atoms with Crippen molar-refractivity contribution in [1.29, 1.82) is 0 Å². The van der Waals surface area contributed by atoms with E-state index in [0.29, 0.717) is 51.7 Å². The molecule has 0 spiro atoms. The van der Waals surface area contributed by atoms with Gasteiger partial charge in [-0.1, -0.05) is 54.9 Å². The molecule has 0 aliphatic carbocycles. The van der Waals surface area contributed by atoms with Crippen LogP contribution in [0, 0.1) is 0 Å². The fraction of sp³-hybridized carbons (Fsp3) is 0.222. The second-order valence-electron chi connectivity index (χ2n) is 7.79. The minimum absolute atomic E-state index is 0.214. The molecule has 0 bridgehead atoms. The van der Waals surface area contributed by atoms with E-state index in [1.807, 2.05) is 50.2 Å². The summed E-state index contributed by atoms with van der Waals surface area (Å²) in [5.41, 5.74) is 1.34. The van der Waals surface area contributed by atoms with Gasteiger partial charge in [-0.3, -0.25) is 14.2 Å². The van der Waals surface area contributed by atoms with Crippen molar-refractivity contribution in [2.75, 3.05) is 13.7 Å². The highest BCUT2D eigenvalue weighted by atomic mass is 35.5. The Balaban J connectivity index is 1.98. The maximum absolute atomic E-state index is 13.8. The number of para-hydroxylation sites is 3. The van der Waals surface area contributed by atoms with Gasteiger partial charge in [0.2, 0.25) is 0 Å². The third-order valence-corrected chi connectivity index (χ3v) is 6.22. The van der Waals surface area contributed by atoms with Gasteiger partial charge in [0.15, 0.2) is 0 Å². The summed E-state index contributed by atoms with van der Waals surface area (Å²) in [5.74, 6) is 0.796. The number of carbonyl (C=O) groups is 1. The van der Waals surface area contributed by atoms with E-state index in [9.17, 15) is 9.59 Å². The van der Waals surface area contributed by atoms with Gasteiger partial charge in [0, 0.05) is 6.54 Å². The highest BCUT2D eigenvalue weighted by Gasteiger charge is 2.30. The SMILES string of the molecule is CCC(c1nc2ccccc2c(=O)n1-c1ccccc1OC)N(CC)C(=O)c1ccccc1Cl. The van der Waals surface area contributed by atoms with Crippen molar-refractivity contribution < 1.29 is 9.53 Å². The Hall–Kier alpha value is -3.64. The lowest BCUT2D eigenvalue weighted by atomic mass is 10.1. The Morgan fingerprint density at radius 3 is 2.41 bits per heavy atom. The number of nitrogens with zero attached hydrogens (tertiary/aromatic N) is 3. The normalized spacial score (nSPS) is 11.9. The summed E-state index contributed by atoms with van der Waals surface area (Å²) in [7, 11) is 1.56. The topological polar surface area (TPSA) is 64.4 Å². The summed E-state index contributed by atoms with van der Waals surface area (Å²) in [6.07, 6.45) is 0.546. The third kappa shape index (κ3) is 4.17. The van der Waals surface area contributed by atoms with Crippen LogP contribution in [0.25, 0.3) is 16.6 Å². The monoisotopic (exact) mass is 475 g/mol. The number of amides is 1. The molecule has 3 aromatic carbocycles. The zero-order chi connectivity index (χ0) is 24.2. The van der Waals surface area contributed by atoms with Crippen LogP contribution in [-0.2, 0) is 0 Å². The van der Waals surface area contributed by atoms with Gasteiger partial charge in [-0.05, 0) is 49.7 Å². The predicted octanol–water partition coefficient (Wildman–Crippen LogP) is 5.66. The van der Waals surface area contributed by atoms with E-state index in [-0.39, 0.29) is 11.5 Å². The molecule has 1 atom stereocenters. The molecule has 1 unspecified atom stereocenters. The number of hydrogen-bond acceptors (Lipinski definition) is 4. The highest BCUT2D eigenvalue weighted by molar-refractivity contribution is 6.33. The van der Waals surface area contributed by atoms with E-state index in [4.69, 9.17) is 21.3 Å². The Kier molecular flexibility index (Phi) is 6.98. The molecule has 0 saturated carbocycles. The van der Waals surface area contributed by atoms with Gasteiger partial charge in [-0.2, -0.15) is 0 Å². The maximum atomic E-state index is 13.8. The largest absolute Gasteiger partial charge is 0.495 e. The number of fused-ring (bicyclic) bond motifs is 1. The number of carbonyl (C=O) groups excluding carboxylic acids is 1. The molecular formula is C27H26ClN3O3. The van der Waals surface area contributed by atoms with Crippen molar-refractivity contribution in [2.24, 2.45) is 0 Å². The van der Waals surface area contributed by atoms with Crippen LogP contribution in [0.2, 0.25) is 5.02 Å². The Bertz CT molecular complexity index is 1400. The molecule has 6 nitrogen and oxygen atoms in total. The number of benzene rings is 3. The molecule has 7 heteroatoms. The molecule has 0 fully saturated rings. The first-order valence-electron chi connectivity index (χ1n) is 11.2. The Labute approximate surface area is 203 Å². The van der Waals surface area contributed by atoms with E-state index >= 15 is 0 Å². The van der Waals surface area contributed by atoms with Gasteiger partial charge in [0.05, 0.1) is 40.3 Å². The van der Waals surface area contributed by atoms with Crippen LogP contribution in [-0.4, -0.2) is 34.0 Å². The smallest absolute Gasteiger partial charge is 0.266 e. The first-order chi connectivity index (χ1) is 16.5. The lowest BCUT2D eigenvalue weighted by molar-refractivity contribution is 0.0672. The van der Waals surface area contributed by atoms with Gasteiger partial charge in [0.1, 0.15) is 11.6 Å². The third-order valence-electron chi connectivity index (χ3n) is 5.89. The van der Waals surface area contributed by atoms with E-state index in [0.717, 1.165) is 0 Å². The summed E-state index contributed by atoms with van der Waals surface area (Å²) in [4.78, 5) is 34.0. The highest BCUT2D eigenvalue weighted by Crippen LogP contribution is 2.31. The molecule has 0 aliphatic rings. The average molecular weight is 476 g/mol. The zero-order valence-electron chi connectivity index (χ0n) is 19.4. The lowest BCUT2D eigenvalue weighted by Gasteiger charge is -2.32. The molecule has 4 aromatic rings. The predicted molar refractivity (Wildman–Crippen MR) is 135 cm³/mol. The van der Waals surface area contributed by atoms with Crippen LogP contribution in [0.5, 0.6) is 5.75 Å². The summed E-state index contributed by atoms with van der Waals surface area (Å²) in [6.45, 7) is 4.29. The number of aromatic nitrogens is 2. The van der Waals surface area contributed by atoms with Gasteiger partial charge in [-0.15, -0.1) is 0 Å². The van der Waals surface area contributed by atoms with E-state index in [1.54, 1.807) is 53.0 Å². The van der Waals surface area contributed by atoms with E-state index < -0.39 is 6.04 Å². The van der Waals surface area contributed by atoms with Crippen LogP contribution in [0.3, 0.4) is 0 Å². The number of halogens is 1. The Morgan fingerprint density at radius 1 is 1.03 bits per heavy atom. The molecule has 0 radical (unpaired) electrons. The summed E-state index contributed by atoms with van der Waals surface area (Å²) < 4.78 is 7.14. The second-order valence-corrected chi connectivity index (χ2v) is 8.20. The second kappa shape index (κ2) is 10.1. The van der Waals surface area contributed by atoms with Crippen LogP contribution in [0.1, 0.15) is 42.5 Å². The van der Waals surface area contributed by atoms with E-state index in [1.165, 1.54) is 0 Å². The minimum atomic E-state index is -0.476. The van der Waals surface area contributed by atoms with Crippen molar-refractivity contribution in [1.82, 2.24) is 14.5 Å². The summed E-state index contributed by atoms with van der Waals surface area (Å²) in [6, 6.07) is 21.0. The molecule has 1 aromatic heterocycles. The summed E-state index contributed by atoms with van der Waals surface area (Å²) in [5, 5.41) is 0.877. The first kappa shape index (κ1) is 23.5. The molecule has 0 aliphatic heterocycles. The number of hydrogen-bond donors (Lipinski definition) is 0. The molecule has 4 rings (SSSR count). The molecule has 1 heterocycles. The Morgan fingerprint density at radius 2 is 1.71 bits per heavy atom. The molecular weight excluding hydrogens is 450 g/mol. The van der Waals surface area contributed by atoms with Gasteiger partial charge >= 0.3 is 0 Å². The van der Waals surface area contributed by atoms with Gasteiger partial charge in [0.25, 0.3) is 11.5 Å². The van der Waals surface area contributed by atoms with Crippen LogP contribution >= 0.6 is 11.6 Å². The van der Waals surface area contributed by atoms with Crippen molar-refractivity contribution >= 4 is 28.4 Å². The maximum Gasteiger partial charge on any atom is 0.266 e. The minimum Gasteiger partial charge on any atom is -0.495 e. The molecule has 174 valence electrons. The first-order valence-corrected chi connectivity index (χ1v) is 11.6. The number of ether oxygens (including phenoxy) is 1. The van der Waals surface area contributed by atoms with Gasteiger partial charge in [-0.25, -0.2) is 4.98 Å². The van der Waals surface area contributed by atoms with Crippen LogP contribution < -0.4 is 10.3 Å². The molecule has 0 N–H and O–H groups in total.